The normalized spacial score (nSPS) is 10.3. The highest BCUT2D eigenvalue weighted by molar-refractivity contribution is 9.10. The van der Waals surface area contributed by atoms with E-state index in [9.17, 15) is 4.39 Å². The number of anilines is 1. The molecule has 1 N–H and O–H groups in total. The molecule has 2 rings (SSSR count). The fourth-order valence-corrected chi connectivity index (χ4v) is 1.81. The fourth-order valence-electron chi connectivity index (χ4n) is 1.33. The van der Waals surface area contributed by atoms with Gasteiger partial charge in [0.1, 0.15) is 11.6 Å². The third kappa shape index (κ3) is 3.54. The molecule has 1 heterocycles. The standard InChI is InChI=1S/C12H10BrClFN3O/c1-2-16-12-17-6-8(13)11(18-12)19-10-4-3-7(15)5-9(10)14/h3-6H,2H2,1H3,(H,16,17,18). The van der Waals surface area contributed by atoms with Crippen LogP contribution in [0.3, 0.4) is 0 Å². The second-order valence-corrected chi connectivity index (χ2v) is 4.82. The van der Waals surface area contributed by atoms with Crippen molar-refractivity contribution in [3.8, 4) is 11.6 Å². The SMILES string of the molecule is CCNc1ncc(Br)c(Oc2ccc(F)cc2Cl)n1. The van der Waals surface area contributed by atoms with Gasteiger partial charge in [-0.15, -0.1) is 0 Å². The number of aromatic nitrogens is 2. The smallest absolute Gasteiger partial charge is 0.238 e. The van der Waals surface area contributed by atoms with Gasteiger partial charge in [0.25, 0.3) is 0 Å². The number of rotatable bonds is 4. The molecule has 0 aliphatic heterocycles. The van der Waals surface area contributed by atoms with Crippen LogP contribution in [0, 0.1) is 5.82 Å². The van der Waals surface area contributed by atoms with Crippen LogP contribution >= 0.6 is 27.5 Å². The predicted octanol–water partition coefficient (Wildman–Crippen LogP) is 4.26. The highest BCUT2D eigenvalue weighted by Gasteiger charge is 2.10. The third-order valence-corrected chi connectivity index (χ3v) is 2.99. The van der Waals surface area contributed by atoms with Crippen LogP contribution in [0.1, 0.15) is 6.92 Å². The van der Waals surface area contributed by atoms with E-state index < -0.39 is 5.82 Å². The zero-order valence-electron chi connectivity index (χ0n) is 9.95. The van der Waals surface area contributed by atoms with Crippen molar-refractivity contribution in [2.45, 2.75) is 6.92 Å². The Morgan fingerprint density at radius 2 is 2.26 bits per heavy atom. The van der Waals surface area contributed by atoms with E-state index in [1.165, 1.54) is 18.2 Å². The topological polar surface area (TPSA) is 47.0 Å². The Labute approximate surface area is 123 Å². The van der Waals surface area contributed by atoms with Gasteiger partial charge in [0.05, 0.1) is 15.7 Å². The fraction of sp³-hybridized carbons (Fsp3) is 0.167. The minimum Gasteiger partial charge on any atom is -0.436 e. The van der Waals surface area contributed by atoms with E-state index >= 15 is 0 Å². The molecule has 0 unspecified atom stereocenters. The number of benzene rings is 1. The van der Waals surface area contributed by atoms with Crippen molar-refractivity contribution >= 4 is 33.5 Å². The molecular formula is C12H10BrClFN3O. The summed E-state index contributed by atoms with van der Waals surface area (Å²) < 4.78 is 19.1. The number of hydrogen-bond acceptors (Lipinski definition) is 4. The van der Waals surface area contributed by atoms with Crippen molar-refractivity contribution < 1.29 is 9.13 Å². The summed E-state index contributed by atoms with van der Waals surface area (Å²) in [7, 11) is 0. The van der Waals surface area contributed by atoms with Gasteiger partial charge in [0.15, 0.2) is 0 Å². The number of halogens is 3. The first-order valence-electron chi connectivity index (χ1n) is 5.49. The van der Waals surface area contributed by atoms with E-state index in [0.717, 1.165) is 0 Å². The van der Waals surface area contributed by atoms with Crippen LogP contribution in [-0.4, -0.2) is 16.5 Å². The Morgan fingerprint density at radius 3 is 2.95 bits per heavy atom. The minimum absolute atomic E-state index is 0.176. The van der Waals surface area contributed by atoms with Gasteiger partial charge < -0.3 is 10.1 Å². The van der Waals surface area contributed by atoms with Crippen LogP contribution in [0.4, 0.5) is 10.3 Å². The van der Waals surface area contributed by atoms with Gasteiger partial charge >= 0.3 is 0 Å². The van der Waals surface area contributed by atoms with Gasteiger partial charge in [-0.1, -0.05) is 11.6 Å². The number of nitrogens with zero attached hydrogens (tertiary/aromatic N) is 2. The lowest BCUT2D eigenvalue weighted by atomic mass is 10.3. The maximum absolute atomic E-state index is 12.9. The predicted molar refractivity (Wildman–Crippen MR) is 75.4 cm³/mol. The summed E-state index contributed by atoms with van der Waals surface area (Å²) in [4.78, 5) is 8.24. The molecule has 0 saturated carbocycles. The van der Waals surface area contributed by atoms with Crippen molar-refractivity contribution in [3.05, 3.63) is 39.7 Å². The Balaban J connectivity index is 2.29. The largest absolute Gasteiger partial charge is 0.436 e. The number of hydrogen-bond donors (Lipinski definition) is 1. The summed E-state index contributed by atoms with van der Waals surface area (Å²) in [5.41, 5.74) is 0. The second kappa shape index (κ2) is 6.16. The van der Waals surface area contributed by atoms with Crippen LogP contribution in [0.2, 0.25) is 5.02 Å². The summed E-state index contributed by atoms with van der Waals surface area (Å²) in [5, 5.41) is 3.14. The lowest BCUT2D eigenvalue weighted by molar-refractivity contribution is 0.457. The molecule has 0 aliphatic rings. The maximum atomic E-state index is 12.9. The molecule has 1 aromatic carbocycles. The average Bonchev–Trinajstić information content (AvgIpc) is 2.37. The zero-order chi connectivity index (χ0) is 13.8. The van der Waals surface area contributed by atoms with Gasteiger partial charge in [0, 0.05) is 6.54 Å². The zero-order valence-corrected chi connectivity index (χ0v) is 12.3. The van der Waals surface area contributed by atoms with Crippen molar-refractivity contribution in [3.63, 3.8) is 0 Å². The first-order valence-corrected chi connectivity index (χ1v) is 6.66. The molecule has 0 atom stereocenters. The van der Waals surface area contributed by atoms with Gasteiger partial charge in [-0.2, -0.15) is 4.98 Å². The van der Waals surface area contributed by atoms with E-state index in [1.54, 1.807) is 6.20 Å². The van der Waals surface area contributed by atoms with Crippen molar-refractivity contribution in [2.24, 2.45) is 0 Å². The van der Waals surface area contributed by atoms with Gasteiger partial charge in [-0.25, -0.2) is 9.37 Å². The third-order valence-electron chi connectivity index (χ3n) is 2.15. The van der Waals surface area contributed by atoms with E-state index in [2.05, 4.69) is 31.2 Å². The van der Waals surface area contributed by atoms with Crippen LogP contribution in [-0.2, 0) is 0 Å². The molecule has 0 aliphatic carbocycles. The summed E-state index contributed by atoms with van der Waals surface area (Å²) >= 11 is 9.18. The lowest BCUT2D eigenvalue weighted by Crippen LogP contribution is -2.03. The molecule has 19 heavy (non-hydrogen) atoms. The van der Waals surface area contributed by atoms with Crippen molar-refractivity contribution in [1.29, 1.82) is 0 Å². The van der Waals surface area contributed by atoms with E-state index in [1.807, 2.05) is 6.92 Å². The Morgan fingerprint density at radius 1 is 1.47 bits per heavy atom. The summed E-state index contributed by atoms with van der Waals surface area (Å²) in [5.74, 6) is 0.649. The molecule has 0 fully saturated rings. The Bertz CT molecular complexity index is 597. The molecule has 0 spiro atoms. The second-order valence-electron chi connectivity index (χ2n) is 3.55. The van der Waals surface area contributed by atoms with Gasteiger partial charge in [-0.3, -0.25) is 0 Å². The van der Waals surface area contributed by atoms with E-state index in [-0.39, 0.29) is 5.02 Å². The summed E-state index contributed by atoms with van der Waals surface area (Å²) in [6.45, 7) is 2.63. The van der Waals surface area contributed by atoms with Crippen molar-refractivity contribution in [1.82, 2.24) is 9.97 Å². The van der Waals surface area contributed by atoms with Crippen LogP contribution in [0.5, 0.6) is 11.6 Å². The Hall–Kier alpha value is -1.40. The first kappa shape index (κ1) is 14.0. The molecular weight excluding hydrogens is 337 g/mol. The van der Waals surface area contributed by atoms with E-state index in [4.69, 9.17) is 16.3 Å². The minimum atomic E-state index is -0.424. The molecule has 100 valence electrons. The maximum Gasteiger partial charge on any atom is 0.238 e. The molecule has 0 bridgehead atoms. The van der Waals surface area contributed by atoms with Crippen molar-refractivity contribution in [2.75, 3.05) is 11.9 Å². The average molecular weight is 347 g/mol. The quantitative estimate of drug-likeness (QED) is 0.899. The highest BCUT2D eigenvalue weighted by Crippen LogP contribution is 2.32. The number of nitrogens with one attached hydrogen (secondary N) is 1. The molecule has 4 nitrogen and oxygen atoms in total. The lowest BCUT2D eigenvalue weighted by Gasteiger charge is -2.09. The van der Waals surface area contributed by atoms with Gasteiger partial charge in [0.2, 0.25) is 11.8 Å². The molecule has 2 aromatic rings. The molecule has 1 aromatic heterocycles. The highest BCUT2D eigenvalue weighted by atomic mass is 79.9. The van der Waals surface area contributed by atoms with Crippen LogP contribution < -0.4 is 10.1 Å². The molecule has 0 amide bonds. The molecule has 0 radical (unpaired) electrons. The first-order chi connectivity index (χ1) is 9.10. The van der Waals surface area contributed by atoms with Crippen LogP contribution in [0.15, 0.2) is 28.9 Å². The summed E-state index contributed by atoms with van der Waals surface area (Å²) in [6, 6.07) is 3.89. The van der Waals surface area contributed by atoms with Crippen LogP contribution in [0.25, 0.3) is 0 Å². The Kier molecular flexibility index (Phi) is 4.55. The van der Waals surface area contributed by atoms with Gasteiger partial charge in [-0.05, 0) is 41.1 Å². The molecule has 0 saturated heterocycles. The molecule has 7 heteroatoms. The number of ether oxygens (including phenoxy) is 1. The monoisotopic (exact) mass is 345 g/mol. The van der Waals surface area contributed by atoms with E-state index in [0.29, 0.717) is 28.6 Å². The summed E-state index contributed by atoms with van der Waals surface area (Å²) in [6.07, 6.45) is 1.57.